The van der Waals surface area contributed by atoms with Crippen LogP contribution in [0.3, 0.4) is 0 Å². The van der Waals surface area contributed by atoms with Crippen LogP contribution < -0.4 is 66.9 Å². The SMILES string of the molecule is C[n+]1cccc(N2C(=O)c3ccc4c5c(ccc(c35)C2=O)C(=O)N(c2ccc[n+](C)c2)C4=O)c1.[I-].[I-]. The third-order valence-corrected chi connectivity index (χ3v) is 6.26. The molecular formula is C26H18I2N4O4. The van der Waals surface area contributed by atoms with E-state index in [4.69, 9.17) is 0 Å². The van der Waals surface area contributed by atoms with Crippen LogP contribution in [0.1, 0.15) is 41.4 Å². The topological polar surface area (TPSA) is 82.5 Å². The van der Waals surface area contributed by atoms with Crippen molar-refractivity contribution in [3.63, 3.8) is 0 Å². The molecule has 8 nitrogen and oxygen atoms in total. The zero-order chi connectivity index (χ0) is 23.7. The van der Waals surface area contributed by atoms with Crippen LogP contribution in [0.15, 0.2) is 73.3 Å². The predicted molar refractivity (Wildman–Crippen MR) is 121 cm³/mol. The first-order chi connectivity index (χ1) is 16.4. The maximum absolute atomic E-state index is 13.5. The quantitative estimate of drug-likeness (QED) is 0.122. The third-order valence-electron chi connectivity index (χ3n) is 6.26. The number of aryl methyl sites for hydroxylation is 2. The number of imide groups is 2. The average molecular weight is 704 g/mol. The van der Waals surface area contributed by atoms with Gasteiger partial charge in [0.1, 0.15) is 25.5 Å². The Morgan fingerprint density at radius 3 is 1.11 bits per heavy atom. The lowest BCUT2D eigenvalue weighted by Gasteiger charge is -2.31. The fourth-order valence-corrected chi connectivity index (χ4v) is 4.75. The van der Waals surface area contributed by atoms with Crippen LogP contribution in [0.25, 0.3) is 10.8 Å². The number of nitrogens with zero attached hydrogens (tertiary/aromatic N) is 4. The third kappa shape index (κ3) is 3.61. The first-order valence-corrected chi connectivity index (χ1v) is 10.6. The Morgan fingerprint density at radius 1 is 0.528 bits per heavy atom. The van der Waals surface area contributed by atoms with Gasteiger partial charge in [0.2, 0.25) is 0 Å². The van der Waals surface area contributed by atoms with E-state index in [2.05, 4.69) is 0 Å². The molecule has 0 saturated heterocycles. The van der Waals surface area contributed by atoms with Gasteiger partial charge < -0.3 is 48.0 Å². The van der Waals surface area contributed by atoms with Crippen LogP contribution in [0.5, 0.6) is 0 Å². The maximum atomic E-state index is 13.5. The molecule has 2 aromatic heterocycles. The minimum Gasteiger partial charge on any atom is -1.00 e. The second-order valence-corrected chi connectivity index (χ2v) is 8.42. The molecule has 180 valence electrons. The molecule has 0 unspecified atom stereocenters. The van der Waals surface area contributed by atoms with Crippen molar-refractivity contribution in [2.24, 2.45) is 14.1 Å². The van der Waals surface area contributed by atoms with Gasteiger partial charge in [0.25, 0.3) is 23.6 Å². The Bertz CT molecular complexity index is 1450. The number of hydrogen-bond acceptors (Lipinski definition) is 4. The fourth-order valence-electron chi connectivity index (χ4n) is 4.75. The molecule has 0 fully saturated rings. The summed E-state index contributed by atoms with van der Waals surface area (Å²) in [6.07, 6.45) is 6.98. The van der Waals surface area contributed by atoms with Crippen LogP contribution in [0, 0.1) is 0 Å². The fraction of sp³-hybridized carbons (Fsp3) is 0.0769. The van der Waals surface area contributed by atoms with Gasteiger partial charge in [-0.15, -0.1) is 0 Å². The van der Waals surface area contributed by atoms with Crippen molar-refractivity contribution >= 4 is 45.8 Å². The van der Waals surface area contributed by atoms with Gasteiger partial charge in [0, 0.05) is 45.2 Å². The highest BCUT2D eigenvalue weighted by molar-refractivity contribution is 6.42. The summed E-state index contributed by atoms with van der Waals surface area (Å²) < 4.78 is 3.50. The summed E-state index contributed by atoms with van der Waals surface area (Å²) in [6.45, 7) is 0. The summed E-state index contributed by atoms with van der Waals surface area (Å²) in [5.74, 6) is -1.98. The molecule has 4 heterocycles. The van der Waals surface area contributed by atoms with E-state index < -0.39 is 23.6 Å². The smallest absolute Gasteiger partial charge is 0.266 e. The average Bonchev–Trinajstić information content (AvgIpc) is 2.81. The number of aromatic nitrogens is 2. The molecule has 0 atom stereocenters. The van der Waals surface area contributed by atoms with E-state index in [9.17, 15) is 19.2 Å². The zero-order valence-electron chi connectivity index (χ0n) is 19.1. The van der Waals surface area contributed by atoms with Crippen molar-refractivity contribution in [1.29, 1.82) is 0 Å². The molecule has 0 aliphatic carbocycles. The van der Waals surface area contributed by atoms with Crippen LogP contribution in [-0.2, 0) is 14.1 Å². The van der Waals surface area contributed by atoms with E-state index >= 15 is 0 Å². The molecule has 4 amide bonds. The van der Waals surface area contributed by atoms with E-state index in [1.165, 1.54) is 0 Å². The summed E-state index contributed by atoms with van der Waals surface area (Å²) >= 11 is 0. The zero-order valence-corrected chi connectivity index (χ0v) is 23.4. The van der Waals surface area contributed by atoms with Gasteiger partial charge in [-0.3, -0.25) is 19.2 Å². The monoisotopic (exact) mass is 704 g/mol. The number of pyridine rings is 2. The lowest BCUT2D eigenvalue weighted by atomic mass is 9.85. The number of amides is 4. The number of carbonyl (C=O) groups is 4. The molecule has 0 bridgehead atoms. The van der Waals surface area contributed by atoms with E-state index in [1.807, 2.05) is 0 Å². The largest absolute Gasteiger partial charge is 1.00 e. The highest BCUT2D eigenvalue weighted by Crippen LogP contribution is 2.39. The van der Waals surface area contributed by atoms with Crippen molar-refractivity contribution < 1.29 is 76.3 Å². The molecule has 6 rings (SSSR count). The Kier molecular flexibility index (Phi) is 6.68. The summed E-state index contributed by atoms with van der Waals surface area (Å²) in [4.78, 5) is 56.1. The molecule has 2 aromatic carbocycles. The van der Waals surface area contributed by atoms with E-state index in [0.29, 0.717) is 22.1 Å². The Hall–Kier alpha value is -3.26. The number of hydrogen-bond donors (Lipinski definition) is 0. The number of benzene rings is 2. The summed E-state index contributed by atoms with van der Waals surface area (Å²) in [7, 11) is 3.61. The number of halogens is 2. The normalized spacial score (nSPS) is 14.1. The molecule has 10 heteroatoms. The summed E-state index contributed by atoms with van der Waals surface area (Å²) in [6, 6.07) is 13.1. The molecule has 2 aliphatic heterocycles. The highest BCUT2D eigenvalue weighted by atomic mass is 127. The molecular weight excluding hydrogens is 686 g/mol. The van der Waals surface area contributed by atoms with Crippen molar-refractivity contribution in [3.8, 4) is 0 Å². The molecule has 2 aliphatic rings. The van der Waals surface area contributed by atoms with Crippen molar-refractivity contribution in [2.45, 2.75) is 0 Å². The van der Waals surface area contributed by atoms with E-state index in [1.54, 1.807) is 96.5 Å². The second-order valence-electron chi connectivity index (χ2n) is 8.42. The van der Waals surface area contributed by atoms with Gasteiger partial charge >= 0.3 is 0 Å². The lowest BCUT2D eigenvalue weighted by molar-refractivity contribution is -0.671. The minimum atomic E-state index is -0.496. The standard InChI is InChI=1S/C26H18N4O4.2HI/c1-27-11-3-5-15(13-27)29-23(31)17-7-9-19-22-20(10-8-18(21(17)22)24(29)32)26(34)30(25(19)33)16-6-4-12-28(2)14-16;;/h3-14H,1-2H3;2*1H/q+2;;/p-2. The molecule has 0 N–H and O–H groups in total. The Morgan fingerprint density at radius 2 is 0.833 bits per heavy atom. The molecule has 0 radical (unpaired) electrons. The van der Waals surface area contributed by atoms with Crippen LogP contribution in [0.4, 0.5) is 11.4 Å². The number of anilines is 2. The Labute approximate surface area is 240 Å². The second kappa shape index (κ2) is 9.32. The van der Waals surface area contributed by atoms with Gasteiger partial charge in [-0.2, -0.15) is 0 Å². The van der Waals surface area contributed by atoms with Gasteiger partial charge in [0.05, 0.1) is 0 Å². The predicted octanol–water partition coefficient (Wildman–Crippen LogP) is -3.90. The van der Waals surface area contributed by atoms with Gasteiger partial charge in [0.15, 0.2) is 24.8 Å². The molecule has 0 spiro atoms. The van der Waals surface area contributed by atoms with E-state index in [-0.39, 0.29) is 70.2 Å². The number of rotatable bonds is 2. The van der Waals surface area contributed by atoms with Crippen molar-refractivity contribution in [1.82, 2.24) is 0 Å². The molecule has 4 aromatic rings. The summed E-state index contributed by atoms with van der Waals surface area (Å²) in [5.41, 5.74) is 2.00. The van der Waals surface area contributed by atoms with Crippen LogP contribution in [0.2, 0.25) is 0 Å². The van der Waals surface area contributed by atoms with Gasteiger partial charge in [-0.25, -0.2) is 18.9 Å². The van der Waals surface area contributed by atoms with Gasteiger partial charge in [-0.1, -0.05) is 0 Å². The maximum Gasteiger partial charge on any atom is 0.266 e. The number of carbonyl (C=O) groups excluding carboxylic acids is 4. The van der Waals surface area contributed by atoms with E-state index in [0.717, 1.165) is 9.80 Å². The lowest BCUT2D eigenvalue weighted by Crippen LogP contribution is -3.00. The van der Waals surface area contributed by atoms with Crippen LogP contribution >= 0.6 is 0 Å². The molecule has 0 saturated carbocycles. The highest BCUT2D eigenvalue weighted by Gasteiger charge is 2.41. The Balaban J connectivity index is 0.00000152. The first-order valence-electron chi connectivity index (χ1n) is 10.6. The molecule has 36 heavy (non-hydrogen) atoms. The minimum absolute atomic E-state index is 0. The summed E-state index contributed by atoms with van der Waals surface area (Å²) in [5, 5.41) is 0.697. The first kappa shape index (κ1) is 25.8. The van der Waals surface area contributed by atoms with Crippen molar-refractivity contribution in [2.75, 3.05) is 9.80 Å². The van der Waals surface area contributed by atoms with Crippen molar-refractivity contribution in [3.05, 3.63) is 95.6 Å². The van der Waals surface area contributed by atoms with Crippen LogP contribution in [-0.4, -0.2) is 23.6 Å². The van der Waals surface area contributed by atoms with Gasteiger partial charge in [-0.05, 0) is 36.4 Å².